The molecule has 1 amide bonds. The summed E-state index contributed by atoms with van der Waals surface area (Å²) < 4.78 is 5.58. The van der Waals surface area contributed by atoms with Crippen LogP contribution in [-0.4, -0.2) is 28.1 Å². The topological polar surface area (TPSA) is 42.4 Å². The van der Waals surface area contributed by atoms with Crippen LogP contribution in [0.1, 0.15) is 51.3 Å². The first-order valence-corrected chi connectivity index (χ1v) is 9.36. The van der Waals surface area contributed by atoms with Crippen LogP contribution in [-0.2, 0) is 17.7 Å². The summed E-state index contributed by atoms with van der Waals surface area (Å²) >= 11 is 0. The Morgan fingerprint density at radius 2 is 1.73 bits per heavy atom. The molecule has 0 atom stereocenters. The average molecular weight is 354 g/mol. The fraction of sp³-hybridized carbons (Fsp3) is 0.455. The molecular weight excluding hydrogens is 324 g/mol. The molecule has 0 aliphatic carbocycles. The van der Waals surface area contributed by atoms with E-state index in [2.05, 4.69) is 11.1 Å². The van der Waals surface area contributed by atoms with Gasteiger partial charge in [0.05, 0.1) is 0 Å². The lowest BCUT2D eigenvalue weighted by Crippen LogP contribution is -2.37. The molecule has 0 radical (unpaired) electrons. The minimum atomic E-state index is -0.481. The first kappa shape index (κ1) is 20.0. The van der Waals surface area contributed by atoms with E-state index in [1.165, 1.54) is 0 Å². The second kappa shape index (κ2) is 9.95. The average Bonchev–Trinajstić information content (AvgIpc) is 2.61. The number of pyridine rings is 1. The maximum Gasteiger partial charge on any atom is 0.410 e. The molecule has 1 heterocycles. The number of rotatable bonds is 8. The van der Waals surface area contributed by atoms with Gasteiger partial charge < -0.3 is 9.64 Å². The molecular formula is C22H30N2O2. The molecule has 0 saturated heterocycles. The molecule has 0 unspecified atom stereocenters. The standard InChI is InChI=1S/C22H30N2O2/c1-22(2,3)26-21(25)24(18-19-12-6-4-7-13-19)17-11-5-8-14-20-15-9-10-16-23-20/h4,6-7,9-10,12-13,15-16H,5,8,11,14,17-18H2,1-3H3. The maximum absolute atomic E-state index is 12.5. The van der Waals surface area contributed by atoms with Crippen molar-refractivity contribution >= 4 is 6.09 Å². The number of hydrogen-bond donors (Lipinski definition) is 0. The third kappa shape index (κ3) is 7.68. The van der Waals surface area contributed by atoms with Crippen molar-refractivity contribution in [1.82, 2.24) is 9.88 Å². The largest absolute Gasteiger partial charge is 0.444 e. The van der Waals surface area contributed by atoms with Gasteiger partial charge in [-0.3, -0.25) is 4.98 Å². The van der Waals surface area contributed by atoms with Crippen LogP contribution in [0, 0.1) is 0 Å². The molecule has 0 bridgehead atoms. The molecule has 2 aromatic rings. The van der Waals surface area contributed by atoms with Gasteiger partial charge in [0.1, 0.15) is 5.60 Å². The van der Waals surface area contributed by atoms with Crippen LogP contribution in [0.3, 0.4) is 0 Å². The second-order valence-electron chi connectivity index (χ2n) is 7.52. The third-order valence-corrected chi connectivity index (χ3v) is 3.96. The van der Waals surface area contributed by atoms with Crippen molar-refractivity contribution in [2.24, 2.45) is 0 Å². The van der Waals surface area contributed by atoms with Gasteiger partial charge in [-0.25, -0.2) is 4.79 Å². The highest BCUT2D eigenvalue weighted by molar-refractivity contribution is 5.68. The van der Waals surface area contributed by atoms with E-state index in [4.69, 9.17) is 4.74 Å². The number of aromatic nitrogens is 1. The minimum absolute atomic E-state index is 0.244. The molecule has 0 aliphatic rings. The van der Waals surface area contributed by atoms with Gasteiger partial charge in [-0.05, 0) is 57.7 Å². The predicted molar refractivity (Wildman–Crippen MR) is 105 cm³/mol. The van der Waals surface area contributed by atoms with E-state index >= 15 is 0 Å². The maximum atomic E-state index is 12.5. The van der Waals surface area contributed by atoms with Crippen LogP contribution >= 0.6 is 0 Å². The van der Waals surface area contributed by atoms with Crippen LogP contribution in [0.4, 0.5) is 4.79 Å². The van der Waals surface area contributed by atoms with Crippen LogP contribution in [0.15, 0.2) is 54.7 Å². The summed E-state index contributed by atoms with van der Waals surface area (Å²) in [6, 6.07) is 16.1. The highest BCUT2D eigenvalue weighted by Crippen LogP contribution is 2.14. The van der Waals surface area contributed by atoms with Crippen molar-refractivity contribution in [3.63, 3.8) is 0 Å². The highest BCUT2D eigenvalue weighted by Gasteiger charge is 2.22. The zero-order chi connectivity index (χ0) is 18.8. The number of ether oxygens (including phenoxy) is 1. The van der Waals surface area contributed by atoms with Gasteiger partial charge in [-0.15, -0.1) is 0 Å². The van der Waals surface area contributed by atoms with Gasteiger partial charge in [0.2, 0.25) is 0 Å². The van der Waals surface area contributed by atoms with E-state index in [0.29, 0.717) is 13.1 Å². The normalized spacial score (nSPS) is 11.2. The number of aryl methyl sites for hydroxylation is 1. The zero-order valence-electron chi connectivity index (χ0n) is 16.1. The van der Waals surface area contributed by atoms with Gasteiger partial charge in [-0.1, -0.05) is 42.8 Å². The Balaban J connectivity index is 1.83. The Morgan fingerprint density at radius 1 is 1.00 bits per heavy atom. The van der Waals surface area contributed by atoms with Gasteiger partial charge >= 0.3 is 6.09 Å². The predicted octanol–water partition coefficient (Wildman–Crippen LogP) is 5.23. The number of amides is 1. The Morgan fingerprint density at radius 3 is 2.38 bits per heavy atom. The molecule has 0 saturated carbocycles. The van der Waals surface area contributed by atoms with E-state index < -0.39 is 5.60 Å². The fourth-order valence-electron chi connectivity index (χ4n) is 2.70. The monoisotopic (exact) mass is 354 g/mol. The lowest BCUT2D eigenvalue weighted by molar-refractivity contribution is 0.0230. The SMILES string of the molecule is CC(C)(C)OC(=O)N(CCCCCc1ccccn1)Cc1ccccc1. The molecule has 0 N–H and O–H groups in total. The van der Waals surface area contributed by atoms with Crippen molar-refractivity contribution in [3.05, 3.63) is 66.0 Å². The van der Waals surface area contributed by atoms with Crippen LogP contribution in [0.2, 0.25) is 0 Å². The van der Waals surface area contributed by atoms with Gasteiger partial charge in [-0.2, -0.15) is 0 Å². The molecule has 2 rings (SSSR count). The van der Waals surface area contributed by atoms with Gasteiger partial charge in [0, 0.05) is 25.0 Å². The zero-order valence-corrected chi connectivity index (χ0v) is 16.1. The number of benzene rings is 1. The van der Waals surface area contributed by atoms with Crippen molar-refractivity contribution in [2.75, 3.05) is 6.54 Å². The molecule has 1 aromatic carbocycles. The van der Waals surface area contributed by atoms with Crippen molar-refractivity contribution in [3.8, 4) is 0 Å². The molecule has 0 fully saturated rings. The fourth-order valence-corrected chi connectivity index (χ4v) is 2.70. The Hall–Kier alpha value is -2.36. The van der Waals surface area contributed by atoms with E-state index in [1.807, 2.05) is 69.4 Å². The smallest absolute Gasteiger partial charge is 0.410 e. The van der Waals surface area contributed by atoms with Gasteiger partial charge in [0.25, 0.3) is 0 Å². The molecule has 0 aliphatic heterocycles. The van der Waals surface area contributed by atoms with Crippen molar-refractivity contribution < 1.29 is 9.53 Å². The van der Waals surface area contributed by atoms with Gasteiger partial charge in [0.15, 0.2) is 0 Å². The first-order valence-electron chi connectivity index (χ1n) is 9.36. The molecule has 0 spiro atoms. The number of nitrogens with zero attached hydrogens (tertiary/aromatic N) is 2. The molecule has 4 heteroatoms. The Kier molecular flexibility index (Phi) is 7.64. The summed E-state index contributed by atoms with van der Waals surface area (Å²) in [6.07, 6.45) is 5.66. The van der Waals surface area contributed by atoms with E-state index in [-0.39, 0.29) is 6.09 Å². The summed E-state index contributed by atoms with van der Waals surface area (Å²) in [5.74, 6) is 0. The lowest BCUT2D eigenvalue weighted by Gasteiger charge is -2.27. The summed E-state index contributed by atoms with van der Waals surface area (Å²) in [7, 11) is 0. The third-order valence-electron chi connectivity index (χ3n) is 3.96. The Bertz CT molecular complexity index is 651. The van der Waals surface area contributed by atoms with Crippen LogP contribution in [0.5, 0.6) is 0 Å². The Labute approximate surface area is 157 Å². The van der Waals surface area contributed by atoms with Crippen molar-refractivity contribution in [1.29, 1.82) is 0 Å². The summed E-state index contributed by atoms with van der Waals surface area (Å²) in [6.45, 7) is 6.98. The summed E-state index contributed by atoms with van der Waals surface area (Å²) in [5.41, 5.74) is 1.76. The van der Waals surface area contributed by atoms with Crippen molar-refractivity contribution in [2.45, 2.75) is 58.6 Å². The number of carbonyl (C=O) groups is 1. The number of unbranched alkanes of at least 4 members (excludes halogenated alkanes) is 2. The quantitative estimate of drug-likeness (QED) is 0.609. The van der Waals surface area contributed by atoms with E-state index in [9.17, 15) is 4.79 Å². The molecule has 140 valence electrons. The first-order chi connectivity index (χ1) is 12.4. The number of carbonyl (C=O) groups excluding carboxylic acids is 1. The minimum Gasteiger partial charge on any atom is -0.444 e. The summed E-state index contributed by atoms with van der Waals surface area (Å²) in [5, 5.41) is 0. The van der Waals surface area contributed by atoms with E-state index in [1.54, 1.807) is 4.90 Å². The summed E-state index contributed by atoms with van der Waals surface area (Å²) in [4.78, 5) is 18.7. The molecule has 1 aromatic heterocycles. The van der Waals surface area contributed by atoms with Crippen LogP contribution < -0.4 is 0 Å². The molecule has 4 nitrogen and oxygen atoms in total. The highest BCUT2D eigenvalue weighted by atomic mass is 16.6. The molecule has 26 heavy (non-hydrogen) atoms. The lowest BCUT2D eigenvalue weighted by atomic mass is 10.1. The second-order valence-corrected chi connectivity index (χ2v) is 7.52. The number of hydrogen-bond acceptors (Lipinski definition) is 3. The van der Waals surface area contributed by atoms with Crippen LogP contribution in [0.25, 0.3) is 0 Å². The van der Waals surface area contributed by atoms with E-state index in [0.717, 1.165) is 36.9 Å².